The van der Waals surface area contributed by atoms with Gasteiger partial charge in [-0.2, -0.15) is 0 Å². The van der Waals surface area contributed by atoms with E-state index in [-0.39, 0.29) is 5.91 Å². The third kappa shape index (κ3) is 2.72. The summed E-state index contributed by atoms with van der Waals surface area (Å²) in [7, 11) is 0. The van der Waals surface area contributed by atoms with E-state index in [9.17, 15) is 4.79 Å². The number of nitrogens with zero attached hydrogens (tertiary/aromatic N) is 4. The summed E-state index contributed by atoms with van der Waals surface area (Å²) >= 11 is 0. The van der Waals surface area contributed by atoms with Gasteiger partial charge in [0.05, 0.1) is 5.69 Å². The monoisotopic (exact) mass is 297 g/mol. The fourth-order valence-corrected chi connectivity index (χ4v) is 2.56. The molecule has 1 N–H and O–H groups in total. The van der Waals surface area contributed by atoms with E-state index in [1.54, 1.807) is 6.20 Å². The Bertz CT molecular complexity index is 802. The summed E-state index contributed by atoms with van der Waals surface area (Å²) in [5, 5.41) is 2.97. The summed E-state index contributed by atoms with van der Waals surface area (Å²) in [6.45, 7) is 5.30. The van der Waals surface area contributed by atoms with Gasteiger partial charge in [0.15, 0.2) is 0 Å². The molecule has 3 rings (SSSR count). The topological polar surface area (TPSA) is 64.2 Å². The van der Waals surface area contributed by atoms with Crippen molar-refractivity contribution in [2.24, 2.45) is 0 Å². The largest absolute Gasteiger partial charge is 0.351 e. The standard InChI is InChI=1S/C16H19N5O/c1-12-15(21-10-4-3-6-14(21)19-12)16(22)18-7-5-9-20-11-8-17-13(20)2/h3-4,6,8,10-11H,5,7,9H2,1-2H3,(H,18,22). The van der Waals surface area contributed by atoms with Gasteiger partial charge in [-0.3, -0.25) is 9.20 Å². The number of aryl methyl sites for hydroxylation is 3. The van der Waals surface area contributed by atoms with Crippen LogP contribution in [-0.2, 0) is 6.54 Å². The third-order valence-corrected chi connectivity index (χ3v) is 3.70. The van der Waals surface area contributed by atoms with Gasteiger partial charge in [-0.15, -0.1) is 0 Å². The molecule has 0 aromatic carbocycles. The number of amides is 1. The highest BCUT2D eigenvalue weighted by Gasteiger charge is 2.15. The lowest BCUT2D eigenvalue weighted by molar-refractivity contribution is 0.0946. The lowest BCUT2D eigenvalue weighted by atomic mass is 10.3. The zero-order valence-electron chi connectivity index (χ0n) is 12.8. The lowest BCUT2D eigenvalue weighted by Gasteiger charge is -2.07. The zero-order chi connectivity index (χ0) is 15.5. The van der Waals surface area contributed by atoms with E-state index in [0.29, 0.717) is 12.2 Å². The number of carbonyl (C=O) groups excluding carboxylic acids is 1. The molecule has 0 unspecified atom stereocenters. The summed E-state index contributed by atoms with van der Waals surface area (Å²) in [6.07, 6.45) is 6.46. The summed E-state index contributed by atoms with van der Waals surface area (Å²) in [4.78, 5) is 21.0. The Kier molecular flexibility index (Phi) is 3.91. The normalized spacial score (nSPS) is 11.0. The molecule has 114 valence electrons. The number of hydrogen-bond acceptors (Lipinski definition) is 3. The predicted molar refractivity (Wildman–Crippen MR) is 83.8 cm³/mol. The van der Waals surface area contributed by atoms with Crippen LogP contribution in [0.5, 0.6) is 0 Å². The number of fused-ring (bicyclic) bond motifs is 1. The molecular formula is C16H19N5O. The molecule has 3 aromatic heterocycles. The molecule has 3 aromatic rings. The van der Waals surface area contributed by atoms with E-state index >= 15 is 0 Å². The van der Waals surface area contributed by atoms with Crippen LogP contribution in [0.4, 0.5) is 0 Å². The fourth-order valence-electron chi connectivity index (χ4n) is 2.56. The molecule has 0 bridgehead atoms. The SMILES string of the molecule is Cc1nc2ccccn2c1C(=O)NCCCn1ccnc1C. The summed E-state index contributed by atoms with van der Waals surface area (Å²) in [5.41, 5.74) is 2.14. The molecule has 22 heavy (non-hydrogen) atoms. The van der Waals surface area contributed by atoms with Gasteiger partial charge in [0.2, 0.25) is 0 Å². The third-order valence-electron chi connectivity index (χ3n) is 3.70. The van der Waals surface area contributed by atoms with Crippen molar-refractivity contribution in [3.05, 3.63) is 54.0 Å². The van der Waals surface area contributed by atoms with Crippen LogP contribution < -0.4 is 5.32 Å². The van der Waals surface area contributed by atoms with Gasteiger partial charge >= 0.3 is 0 Å². The second kappa shape index (κ2) is 6.01. The second-order valence-electron chi connectivity index (χ2n) is 5.25. The summed E-state index contributed by atoms with van der Waals surface area (Å²) in [5.74, 6) is 0.905. The Hall–Kier alpha value is -2.63. The van der Waals surface area contributed by atoms with Crippen molar-refractivity contribution in [2.75, 3.05) is 6.54 Å². The number of nitrogens with one attached hydrogen (secondary N) is 1. The number of pyridine rings is 1. The smallest absolute Gasteiger partial charge is 0.270 e. The highest BCUT2D eigenvalue weighted by Crippen LogP contribution is 2.11. The summed E-state index contributed by atoms with van der Waals surface area (Å²) in [6, 6.07) is 5.70. The van der Waals surface area contributed by atoms with Gasteiger partial charge in [0.1, 0.15) is 17.2 Å². The first-order valence-electron chi connectivity index (χ1n) is 7.36. The molecule has 6 heteroatoms. The Morgan fingerprint density at radius 1 is 1.27 bits per heavy atom. The lowest BCUT2D eigenvalue weighted by Crippen LogP contribution is -2.27. The van der Waals surface area contributed by atoms with Crippen molar-refractivity contribution in [3.8, 4) is 0 Å². The van der Waals surface area contributed by atoms with E-state index < -0.39 is 0 Å². The van der Waals surface area contributed by atoms with Gasteiger partial charge in [-0.05, 0) is 32.4 Å². The first kappa shape index (κ1) is 14.3. The Morgan fingerprint density at radius 3 is 2.91 bits per heavy atom. The maximum Gasteiger partial charge on any atom is 0.270 e. The van der Waals surface area contributed by atoms with Crippen molar-refractivity contribution >= 4 is 11.6 Å². The molecule has 3 heterocycles. The number of carbonyl (C=O) groups is 1. The zero-order valence-corrected chi connectivity index (χ0v) is 12.8. The molecule has 0 saturated heterocycles. The Balaban J connectivity index is 1.62. The number of imidazole rings is 2. The number of aromatic nitrogens is 4. The first-order valence-corrected chi connectivity index (χ1v) is 7.36. The molecule has 6 nitrogen and oxygen atoms in total. The highest BCUT2D eigenvalue weighted by atomic mass is 16.1. The predicted octanol–water partition coefficient (Wildman–Crippen LogP) is 1.97. The average molecular weight is 297 g/mol. The molecule has 0 aliphatic rings. The van der Waals surface area contributed by atoms with Crippen molar-refractivity contribution in [3.63, 3.8) is 0 Å². The van der Waals surface area contributed by atoms with Crippen LogP contribution in [0, 0.1) is 13.8 Å². The van der Waals surface area contributed by atoms with Crippen molar-refractivity contribution in [1.82, 2.24) is 24.3 Å². The van der Waals surface area contributed by atoms with Gasteiger partial charge in [0.25, 0.3) is 5.91 Å². The Labute approximate surface area is 128 Å². The van der Waals surface area contributed by atoms with E-state index in [0.717, 1.165) is 30.1 Å². The van der Waals surface area contributed by atoms with Gasteiger partial charge in [-0.1, -0.05) is 6.07 Å². The summed E-state index contributed by atoms with van der Waals surface area (Å²) < 4.78 is 3.90. The van der Waals surface area contributed by atoms with Crippen LogP contribution in [0.3, 0.4) is 0 Å². The quantitative estimate of drug-likeness (QED) is 0.732. The average Bonchev–Trinajstić information content (AvgIpc) is 3.05. The maximum absolute atomic E-state index is 12.4. The maximum atomic E-state index is 12.4. The minimum atomic E-state index is -0.0847. The van der Waals surface area contributed by atoms with Gasteiger partial charge in [-0.25, -0.2) is 9.97 Å². The van der Waals surface area contributed by atoms with Crippen LogP contribution in [0.15, 0.2) is 36.8 Å². The van der Waals surface area contributed by atoms with Gasteiger partial charge < -0.3 is 9.88 Å². The van der Waals surface area contributed by atoms with E-state index in [4.69, 9.17) is 0 Å². The van der Waals surface area contributed by atoms with Crippen LogP contribution in [-0.4, -0.2) is 31.4 Å². The van der Waals surface area contributed by atoms with Crippen LogP contribution >= 0.6 is 0 Å². The van der Waals surface area contributed by atoms with E-state index in [1.807, 2.05) is 48.8 Å². The van der Waals surface area contributed by atoms with Crippen molar-refractivity contribution < 1.29 is 4.79 Å². The van der Waals surface area contributed by atoms with Crippen molar-refractivity contribution in [2.45, 2.75) is 26.8 Å². The first-order chi connectivity index (χ1) is 10.7. The minimum absolute atomic E-state index is 0.0847. The molecule has 0 spiro atoms. The van der Waals surface area contributed by atoms with E-state index in [1.165, 1.54) is 0 Å². The molecule has 0 aliphatic carbocycles. The molecule has 0 saturated carbocycles. The molecule has 0 fully saturated rings. The number of hydrogen-bond donors (Lipinski definition) is 1. The molecule has 1 amide bonds. The molecule has 0 aliphatic heterocycles. The van der Waals surface area contributed by atoms with Gasteiger partial charge in [0, 0.05) is 31.7 Å². The van der Waals surface area contributed by atoms with Crippen LogP contribution in [0.25, 0.3) is 5.65 Å². The highest BCUT2D eigenvalue weighted by molar-refractivity contribution is 5.94. The fraction of sp³-hybridized carbons (Fsp3) is 0.312. The minimum Gasteiger partial charge on any atom is -0.351 e. The van der Waals surface area contributed by atoms with E-state index in [2.05, 4.69) is 19.9 Å². The molecular weight excluding hydrogens is 278 g/mol. The van der Waals surface area contributed by atoms with Crippen LogP contribution in [0.2, 0.25) is 0 Å². The molecule has 0 radical (unpaired) electrons. The Morgan fingerprint density at radius 2 is 2.14 bits per heavy atom. The number of rotatable bonds is 5. The van der Waals surface area contributed by atoms with Crippen molar-refractivity contribution in [1.29, 1.82) is 0 Å². The van der Waals surface area contributed by atoms with Crippen LogP contribution in [0.1, 0.15) is 28.4 Å². The molecule has 0 atom stereocenters. The second-order valence-corrected chi connectivity index (χ2v) is 5.25.